The SMILES string of the molecule is CCOC(C)(CC)c1ncnc(N)n1. The van der Waals surface area contributed by atoms with Crippen LogP contribution >= 0.6 is 0 Å². The molecule has 0 aliphatic carbocycles. The highest BCUT2D eigenvalue weighted by Crippen LogP contribution is 2.25. The van der Waals surface area contributed by atoms with Gasteiger partial charge in [0, 0.05) is 6.61 Å². The van der Waals surface area contributed by atoms with Gasteiger partial charge in [-0.1, -0.05) is 6.92 Å². The van der Waals surface area contributed by atoms with Crippen LogP contribution < -0.4 is 5.73 Å². The Kier molecular flexibility index (Phi) is 3.35. The van der Waals surface area contributed by atoms with Crippen molar-refractivity contribution in [2.75, 3.05) is 12.3 Å². The Morgan fingerprint density at radius 2 is 2.14 bits per heavy atom. The molecule has 5 nitrogen and oxygen atoms in total. The molecule has 1 aromatic rings. The van der Waals surface area contributed by atoms with E-state index in [9.17, 15) is 0 Å². The first kappa shape index (κ1) is 10.8. The van der Waals surface area contributed by atoms with E-state index in [1.807, 2.05) is 20.8 Å². The van der Waals surface area contributed by atoms with E-state index in [2.05, 4.69) is 15.0 Å². The fourth-order valence-corrected chi connectivity index (χ4v) is 1.21. The number of anilines is 1. The van der Waals surface area contributed by atoms with Gasteiger partial charge in [0.1, 0.15) is 11.9 Å². The van der Waals surface area contributed by atoms with E-state index in [1.54, 1.807) is 0 Å². The minimum absolute atomic E-state index is 0.231. The molecule has 0 saturated heterocycles. The number of nitrogen functional groups attached to an aromatic ring is 1. The predicted octanol–water partition coefficient (Wildman–Crippen LogP) is 1.12. The van der Waals surface area contributed by atoms with Crippen molar-refractivity contribution in [3.05, 3.63) is 12.2 Å². The fraction of sp³-hybridized carbons (Fsp3) is 0.667. The molecule has 0 amide bonds. The first-order valence-corrected chi connectivity index (χ1v) is 4.71. The fourth-order valence-electron chi connectivity index (χ4n) is 1.21. The van der Waals surface area contributed by atoms with Gasteiger partial charge in [0.2, 0.25) is 5.95 Å². The van der Waals surface area contributed by atoms with Crippen molar-refractivity contribution in [3.63, 3.8) is 0 Å². The zero-order valence-corrected chi connectivity index (χ0v) is 8.82. The van der Waals surface area contributed by atoms with Gasteiger partial charge >= 0.3 is 0 Å². The molecule has 5 heteroatoms. The number of ether oxygens (including phenoxy) is 1. The van der Waals surface area contributed by atoms with E-state index in [1.165, 1.54) is 6.33 Å². The molecule has 1 aromatic heterocycles. The van der Waals surface area contributed by atoms with E-state index in [-0.39, 0.29) is 5.95 Å². The quantitative estimate of drug-likeness (QED) is 0.781. The van der Waals surface area contributed by atoms with Gasteiger partial charge in [0.15, 0.2) is 5.82 Å². The number of nitrogens with zero attached hydrogens (tertiary/aromatic N) is 3. The maximum atomic E-state index is 5.61. The summed E-state index contributed by atoms with van der Waals surface area (Å²) >= 11 is 0. The number of hydrogen-bond donors (Lipinski definition) is 1. The van der Waals surface area contributed by atoms with Crippen molar-refractivity contribution >= 4 is 5.95 Å². The van der Waals surface area contributed by atoms with Crippen LogP contribution in [0.15, 0.2) is 6.33 Å². The smallest absolute Gasteiger partial charge is 0.223 e. The molecule has 0 aliphatic heterocycles. The molecule has 0 aliphatic rings. The molecule has 1 unspecified atom stereocenters. The molecule has 0 aromatic carbocycles. The summed E-state index contributed by atoms with van der Waals surface area (Å²) in [5.41, 5.74) is 5.02. The van der Waals surface area contributed by atoms with Crippen molar-refractivity contribution in [3.8, 4) is 0 Å². The lowest BCUT2D eigenvalue weighted by Gasteiger charge is -2.26. The van der Waals surface area contributed by atoms with Gasteiger partial charge in [-0.3, -0.25) is 0 Å². The van der Waals surface area contributed by atoms with Crippen LogP contribution in [-0.2, 0) is 10.3 Å². The van der Waals surface area contributed by atoms with Crippen molar-refractivity contribution < 1.29 is 4.74 Å². The lowest BCUT2D eigenvalue weighted by Crippen LogP contribution is -2.28. The highest BCUT2D eigenvalue weighted by Gasteiger charge is 2.28. The average Bonchev–Trinajstić information content (AvgIpc) is 2.18. The molecular weight excluding hydrogens is 180 g/mol. The molecule has 1 heterocycles. The summed E-state index contributed by atoms with van der Waals surface area (Å²) in [6, 6.07) is 0. The van der Waals surface area contributed by atoms with Gasteiger partial charge in [-0.25, -0.2) is 9.97 Å². The minimum Gasteiger partial charge on any atom is -0.368 e. The molecule has 1 rings (SSSR count). The van der Waals surface area contributed by atoms with Crippen molar-refractivity contribution in [2.24, 2.45) is 0 Å². The summed E-state index contributed by atoms with van der Waals surface area (Å²) in [6.07, 6.45) is 2.20. The second-order valence-electron chi connectivity index (χ2n) is 3.18. The standard InChI is InChI=1S/C9H16N4O/c1-4-9(3,14-5-2)7-11-6-12-8(10)13-7/h6H,4-5H2,1-3H3,(H2,10,11,12,13). The highest BCUT2D eigenvalue weighted by atomic mass is 16.5. The third-order valence-corrected chi connectivity index (χ3v) is 2.20. The van der Waals surface area contributed by atoms with Crippen LogP contribution in [0.3, 0.4) is 0 Å². The Morgan fingerprint density at radius 1 is 1.43 bits per heavy atom. The van der Waals surface area contributed by atoms with Crippen LogP contribution in [-0.4, -0.2) is 21.6 Å². The van der Waals surface area contributed by atoms with Crippen molar-refractivity contribution in [1.29, 1.82) is 0 Å². The zero-order chi connectivity index (χ0) is 10.6. The minimum atomic E-state index is -0.466. The van der Waals surface area contributed by atoms with Crippen molar-refractivity contribution in [2.45, 2.75) is 32.8 Å². The summed E-state index contributed by atoms with van der Waals surface area (Å²) in [6.45, 7) is 6.54. The van der Waals surface area contributed by atoms with Gasteiger partial charge in [-0.2, -0.15) is 4.98 Å². The zero-order valence-electron chi connectivity index (χ0n) is 8.82. The van der Waals surface area contributed by atoms with Gasteiger partial charge in [0.05, 0.1) is 0 Å². The van der Waals surface area contributed by atoms with Gasteiger partial charge < -0.3 is 10.5 Å². The normalized spacial score (nSPS) is 15.1. The molecule has 0 spiro atoms. The molecule has 78 valence electrons. The second kappa shape index (κ2) is 4.32. The van der Waals surface area contributed by atoms with Crippen LogP contribution in [0.5, 0.6) is 0 Å². The first-order chi connectivity index (χ1) is 6.62. The number of hydrogen-bond acceptors (Lipinski definition) is 5. The third kappa shape index (κ3) is 2.17. The number of aromatic nitrogens is 3. The van der Waals surface area contributed by atoms with Crippen LogP contribution in [0.2, 0.25) is 0 Å². The van der Waals surface area contributed by atoms with Gasteiger partial charge in [0.25, 0.3) is 0 Å². The van der Waals surface area contributed by atoms with Gasteiger partial charge in [-0.05, 0) is 20.3 Å². The summed E-state index contributed by atoms with van der Waals surface area (Å²) in [4.78, 5) is 11.9. The molecule has 1 atom stereocenters. The molecule has 0 fully saturated rings. The van der Waals surface area contributed by atoms with Crippen LogP contribution in [0.25, 0.3) is 0 Å². The Balaban J connectivity index is 2.99. The molecule has 0 bridgehead atoms. The number of rotatable bonds is 4. The van der Waals surface area contributed by atoms with Crippen LogP contribution in [0.1, 0.15) is 33.0 Å². The lowest BCUT2D eigenvalue weighted by atomic mass is 10.0. The lowest BCUT2D eigenvalue weighted by molar-refractivity contribution is -0.0390. The van der Waals surface area contributed by atoms with Crippen LogP contribution in [0.4, 0.5) is 5.95 Å². The average molecular weight is 196 g/mol. The van der Waals surface area contributed by atoms with Crippen LogP contribution in [0, 0.1) is 0 Å². The highest BCUT2D eigenvalue weighted by molar-refractivity contribution is 5.15. The topological polar surface area (TPSA) is 73.9 Å². The van der Waals surface area contributed by atoms with E-state index in [4.69, 9.17) is 10.5 Å². The first-order valence-electron chi connectivity index (χ1n) is 4.71. The summed E-state index contributed by atoms with van der Waals surface area (Å²) in [5, 5.41) is 0. The largest absolute Gasteiger partial charge is 0.368 e. The van der Waals surface area contributed by atoms with E-state index < -0.39 is 5.60 Å². The summed E-state index contributed by atoms with van der Waals surface area (Å²) < 4.78 is 5.61. The Hall–Kier alpha value is -1.23. The summed E-state index contributed by atoms with van der Waals surface area (Å²) in [5.74, 6) is 0.823. The molecule has 0 radical (unpaired) electrons. The Bertz CT molecular complexity index is 305. The maximum Gasteiger partial charge on any atom is 0.223 e. The monoisotopic (exact) mass is 196 g/mol. The Labute approximate surface area is 83.7 Å². The Morgan fingerprint density at radius 3 is 2.64 bits per heavy atom. The predicted molar refractivity (Wildman–Crippen MR) is 53.5 cm³/mol. The second-order valence-corrected chi connectivity index (χ2v) is 3.18. The molecule has 2 N–H and O–H groups in total. The van der Waals surface area contributed by atoms with E-state index in [0.29, 0.717) is 12.4 Å². The molecule has 0 saturated carbocycles. The van der Waals surface area contributed by atoms with E-state index >= 15 is 0 Å². The van der Waals surface area contributed by atoms with Crippen molar-refractivity contribution in [1.82, 2.24) is 15.0 Å². The number of nitrogens with two attached hydrogens (primary N) is 1. The van der Waals surface area contributed by atoms with Gasteiger partial charge in [-0.15, -0.1) is 0 Å². The molecule has 14 heavy (non-hydrogen) atoms. The maximum absolute atomic E-state index is 5.61. The third-order valence-electron chi connectivity index (χ3n) is 2.20. The molecular formula is C9H16N4O. The van der Waals surface area contributed by atoms with E-state index in [0.717, 1.165) is 6.42 Å². The summed E-state index contributed by atoms with van der Waals surface area (Å²) in [7, 11) is 0.